The second-order valence-electron chi connectivity index (χ2n) is 6.19. The zero-order valence-electron chi connectivity index (χ0n) is 15.6. The van der Waals surface area contributed by atoms with Crippen molar-refractivity contribution >= 4 is 17.5 Å². The summed E-state index contributed by atoms with van der Waals surface area (Å²) in [5, 5.41) is 2.85. The molecule has 0 bridgehead atoms. The third-order valence-corrected chi connectivity index (χ3v) is 3.96. The van der Waals surface area contributed by atoms with Gasteiger partial charge in [0.15, 0.2) is 0 Å². The Morgan fingerprint density at radius 1 is 1.12 bits per heavy atom. The highest BCUT2D eigenvalue weighted by Gasteiger charge is 2.12. The van der Waals surface area contributed by atoms with Gasteiger partial charge >= 0.3 is 0 Å². The minimum absolute atomic E-state index is 0.0413. The van der Waals surface area contributed by atoms with Gasteiger partial charge in [0.25, 0.3) is 0 Å². The second-order valence-corrected chi connectivity index (χ2v) is 6.19. The molecule has 0 aliphatic rings. The molecule has 0 aliphatic heterocycles. The first-order chi connectivity index (χ1) is 12.5. The molecule has 2 amide bonds. The summed E-state index contributed by atoms with van der Waals surface area (Å²) in [6, 6.07) is 15.3. The van der Waals surface area contributed by atoms with Gasteiger partial charge < -0.3 is 15.0 Å². The molecule has 0 fully saturated rings. The summed E-state index contributed by atoms with van der Waals surface area (Å²) in [7, 11) is 0. The molecule has 26 heavy (non-hydrogen) atoms. The van der Waals surface area contributed by atoms with Crippen LogP contribution in [0.3, 0.4) is 0 Å². The highest BCUT2D eigenvalue weighted by Crippen LogP contribution is 2.16. The van der Waals surface area contributed by atoms with Crippen molar-refractivity contribution in [1.29, 1.82) is 0 Å². The third-order valence-electron chi connectivity index (χ3n) is 3.96. The molecule has 0 saturated heterocycles. The van der Waals surface area contributed by atoms with E-state index >= 15 is 0 Å². The normalized spacial score (nSPS) is 10.3. The van der Waals surface area contributed by atoms with Crippen LogP contribution in [0.25, 0.3) is 0 Å². The summed E-state index contributed by atoms with van der Waals surface area (Å²) < 4.78 is 5.38. The largest absolute Gasteiger partial charge is 0.494 e. The zero-order valence-corrected chi connectivity index (χ0v) is 15.6. The molecule has 0 spiro atoms. The number of aryl methyl sites for hydroxylation is 1. The first kappa shape index (κ1) is 19.5. The van der Waals surface area contributed by atoms with Gasteiger partial charge in [-0.05, 0) is 43.7 Å². The summed E-state index contributed by atoms with van der Waals surface area (Å²) in [6.45, 7) is 6.96. The Morgan fingerprint density at radius 2 is 1.85 bits per heavy atom. The first-order valence-electron chi connectivity index (χ1n) is 8.81. The molecule has 138 valence electrons. The van der Waals surface area contributed by atoms with E-state index in [1.165, 1.54) is 6.92 Å². The molecular formula is C21H26N2O3. The maximum atomic E-state index is 12.2. The van der Waals surface area contributed by atoms with Gasteiger partial charge in [0.05, 0.1) is 6.61 Å². The lowest BCUT2D eigenvalue weighted by Crippen LogP contribution is -2.31. The van der Waals surface area contributed by atoms with Crippen LogP contribution < -0.4 is 10.1 Å². The first-order valence-corrected chi connectivity index (χ1v) is 8.81. The number of amides is 2. The monoisotopic (exact) mass is 354 g/mol. The minimum atomic E-state index is -0.121. The maximum Gasteiger partial charge on any atom is 0.226 e. The molecule has 0 saturated carbocycles. The number of ether oxygens (including phenoxy) is 1. The average Bonchev–Trinajstić information content (AvgIpc) is 2.60. The van der Waals surface area contributed by atoms with E-state index in [4.69, 9.17) is 4.74 Å². The van der Waals surface area contributed by atoms with E-state index in [2.05, 4.69) is 11.4 Å². The summed E-state index contributed by atoms with van der Waals surface area (Å²) in [5.74, 6) is 0.608. The highest BCUT2D eigenvalue weighted by molar-refractivity contribution is 5.91. The van der Waals surface area contributed by atoms with E-state index in [0.717, 1.165) is 16.9 Å². The fourth-order valence-electron chi connectivity index (χ4n) is 2.64. The van der Waals surface area contributed by atoms with Crippen LogP contribution in [0.2, 0.25) is 0 Å². The van der Waals surface area contributed by atoms with Crippen LogP contribution in [0.1, 0.15) is 31.4 Å². The fourth-order valence-corrected chi connectivity index (χ4v) is 2.64. The van der Waals surface area contributed by atoms with Crippen LogP contribution in [0, 0.1) is 6.92 Å². The molecule has 0 heterocycles. The number of benzene rings is 2. The standard InChI is InChI=1S/C21H26N2O3/c1-4-26-20-10-8-19(9-11-20)22-21(25)12-13-23(17(3)24)15-18-7-5-6-16(2)14-18/h5-11,14H,4,12-13,15H2,1-3H3,(H,22,25). The summed E-state index contributed by atoms with van der Waals surface area (Å²) in [6.07, 6.45) is 0.249. The van der Waals surface area contributed by atoms with Crippen molar-refractivity contribution < 1.29 is 14.3 Å². The summed E-state index contributed by atoms with van der Waals surface area (Å²) in [5.41, 5.74) is 2.93. The Kier molecular flexibility index (Phi) is 7.21. The summed E-state index contributed by atoms with van der Waals surface area (Å²) >= 11 is 0. The molecule has 0 unspecified atom stereocenters. The Morgan fingerprint density at radius 3 is 2.46 bits per heavy atom. The van der Waals surface area contributed by atoms with Gasteiger partial charge in [0.2, 0.25) is 11.8 Å². The zero-order chi connectivity index (χ0) is 18.9. The Balaban J connectivity index is 1.87. The minimum Gasteiger partial charge on any atom is -0.494 e. The third kappa shape index (κ3) is 6.24. The van der Waals surface area contributed by atoms with Crippen molar-refractivity contribution in [2.75, 3.05) is 18.5 Å². The molecule has 2 aromatic rings. The van der Waals surface area contributed by atoms with Crippen molar-refractivity contribution in [2.24, 2.45) is 0 Å². The van der Waals surface area contributed by atoms with Gasteiger partial charge in [-0.2, -0.15) is 0 Å². The number of hydrogen-bond acceptors (Lipinski definition) is 3. The van der Waals surface area contributed by atoms with Crippen LogP contribution in [0.5, 0.6) is 5.75 Å². The van der Waals surface area contributed by atoms with Crippen LogP contribution in [-0.4, -0.2) is 29.9 Å². The lowest BCUT2D eigenvalue weighted by atomic mass is 10.1. The smallest absolute Gasteiger partial charge is 0.226 e. The van der Waals surface area contributed by atoms with Crippen LogP contribution in [0.15, 0.2) is 48.5 Å². The van der Waals surface area contributed by atoms with E-state index in [-0.39, 0.29) is 18.2 Å². The molecule has 2 aromatic carbocycles. The van der Waals surface area contributed by atoms with E-state index < -0.39 is 0 Å². The van der Waals surface area contributed by atoms with Gasteiger partial charge in [0.1, 0.15) is 5.75 Å². The van der Waals surface area contributed by atoms with Gasteiger partial charge in [0, 0.05) is 32.1 Å². The number of carbonyl (C=O) groups excluding carboxylic acids is 2. The Bertz CT molecular complexity index is 741. The average molecular weight is 354 g/mol. The second kappa shape index (κ2) is 9.61. The van der Waals surface area contributed by atoms with Crippen LogP contribution in [-0.2, 0) is 16.1 Å². The number of nitrogens with one attached hydrogen (secondary N) is 1. The quantitative estimate of drug-likeness (QED) is 0.785. The number of anilines is 1. The fraction of sp³-hybridized carbons (Fsp3) is 0.333. The number of carbonyl (C=O) groups is 2. The predicted molar refractivity (Wildman–Crippen MR) is 103 cm³/mol. The van der Waals surface area contributed by atoms with E-state index in [9.17, 15) is 9.59 Å². The molecule has 1 N–H and O–H groups in total. The van der Waals surface area contributed by atoms with E-state index in [0.29, 0.717) is 25.4 Å². The lowest BCUT2D eigenvalue weighted by Gasteiger charge is -2.21. The van der Waals surface area contributed by atoms with Gasteiger partial charge in [-0.15, -0.1) is 0 Å². The van der Waals surface area contributed by atoms with Crippen molar-refractivity contribution in [3.8, 4) is 5.75 Å². The van der Waals surface area contributed by atoms with Crippen molar-refractivity contribution in [3.05, 3.63) is 59.7 Å². The van der Waals surface area contributed by atoms with Crippen molar-refractivity contribution in [2.45, 2.75) is 33.7 Å². The molecule has 2 rings (SSSR count). The van der Waals surface area contributed by atoms with E-state index in [1.807, 2.05) is 44.2 Å². The summed E-state index contributed by atoms with van der Waals surface area (Å²) in [4.78, 5) is 25.7. The maximum absolute atomic E-state index is 12.2. The molecule has 5 heteroatoms. The molecule has 0 radical (unpaired) electrons. The number of rotatable bonds is 8. The van der Waals surface area contributed by atoms with E-state index in [1.54, 1.807) is 17.0 Å². The Labute approximate surface area is 155 Å². The van der Waals surface area contributed by atoms with Crippen molar-refractivity contribution in [3.63, 3.8) is 0 Å². The van der Waals surface area contributed by atoms with Gasteiger partial charge in [-0.25, -0.2) is 0 Å². The van der Waals surface area contributed by atoms with Gasteiger partial charge in [-0.1, -0.05) is 29.8 Å². The lowest BCUT2D eigenvalue weighted by molar-refractivity contribution is -0.129. The number of hydrogen-bond donors (Lipinski definition) is 1. The molecule has 0 aromatic heterocycles. The Hall–Kier alpha value is -2.82. The SMILES string of the molecule is CCOc1ccc(NC(=O)CCN(Cc2cccc(C)c2)C(C)=O)cc1. The van der Waals surface area contributed by atoms with Gasteiger partial charge in [-0.3, -0.25) is 9.59 Å². The van der Waals surface area contributed by atoms with Crippen LogP contribution >= 0.6 is 0 Å². The molecule has 0 atom stereocenters. The molecular weight excluding hydrogens is 328 g/mol. The molecule has 0 aliphatic carbocycles. The predicted octanol–water partition coefficient (Wildman–Crippen LogP) is 3.77. The molecule has 5 nitrogen and oxygen atoms in total. The number of nitrogens with zero attached hydrogens (tertiary/aromatic N) is 1. The topological polar surface area (TPSA) is 58.6 Å². The highest BCUT2D eigenvalue weighted by atomic mass is 16.5. The van der Waals surface area contributed by atoms with Crippen molar-refractivity contribution in [1.82, 2.24) is 4.90 Å². The van der Waals surface area contributed by atoms with Crippen LogP contribution in [0.4, 0.5) is 5.69 Å².